The molecule has 3 nitrogen and oxygen atoms in total. The van der Waals surface area contributed by atoms with Gasteiger partial charge in [0.15, 0.2) is 0 Å². The molecule has 0 spiro atoms. The van der Waals surface area contributed by atoms with Gasteiger partial charge in [-0.1, -0.05) is 35.9 Å². The number of carbonyl (C=O) groups excluding carboxylic acids is 1. The van der Waals surface area contributed by atoms with Crippen molar-refractivity contribution in [3.05, 3.63) is 70.8 Å². The molecule has 0 atom stereocenters. The summed E-state index contributed by atoms with van der Waals surface area (Å²) >= 11 is 0. The van der Waals surface area contributed by atoms with E-state index in [1.165, 1.54) is 17.5 Å². The predicted octanol–water partition coefficient (Wildman–Crippen LogP) is 4.35. The number of nitrogens with zero attached hydrogens (tertiary/aromatic N) is 2. The third-order valence-corrected chi connectivity index (χ3v) is 5.10. The second kappa shape index (κ2) is 7.98. The molecule has 0 bridgehead atoms. The minimum absolute atomic E-state index is 0.0501. The van der Waals surface area contributed by atoms with E-state index < -0.39 is 0 Å². The lowest BCUT2D eigenvalue weighted by Crippen LogP contribution is -2.38. The summed E-state index contributed by atoms with van der Waals surface area (Å²) in [4.78, 5) is 14.5. The van der Waals surface area contributed by atoms with Crippen molar-refractivity contribution in [2.75, 3.05) is 13.1 Å². The van der Waals surface area contributed by atoms with Gasteiger partial charge in [0.1, 0.15) is 0 Å². The molecule has 0 radical (unpaired) electrons. The first-order valence-corrected chi connectivity index (χ1v) is 9.00. The maximum atomic E-state index is 12.6. The molecule has 1 aliphatic rings. The maximum absolute atomic E-state index is 12.6. The molecule has 0 unspecified atom stereocenters. The second-order valence-corrected chi connectivity index (χ2v) is 6.95. The van der Waals surface area contributed by atoms with Crippen molar-refractivity contribution in [3.8, 4) is 6.07 Å². The van der Waals surface area contributed by atoms with Crippen LogP contribution in [-0.4, -0.2) is 23.9 Å². The maximum Gasteiger partial charge on any atom is 0.253 e. The third-order valence-electron chi connectivity index (χ3n) is 5.10. The van der Waals surface area contributed by atoms with Crippen LogP contribution in [0.2, 0.25) is 0 Å². The molecule has 25 heavy (non-hydrogen) atoms. The van der Waals surface area contributed by atoms with E-state index in [2.05, 4.69) is 37.3 Å². The van der Waals surface area contributed by atoms with E-state index in [1.54, 1.807) is 24.3 Å². The fraction of sp³-hybridized carbons (Fsp3) is 0.364. The van der Waals surface area contributed by atoms with Crippen LogP contribution in [0, 0.1) is 24.2 Å². The quantitative estimate of drug-likeness (QED) is 0.835. The standard InChI is InChI=1S/C22H24N2O/c1-17-5-7-18(8-6-17)9-10-19-11-13-24(14-12-19)22(25)21-4-2-3-20(15-21)16-23/h2-8,15,19H,9-14H2,1H3. The molecule has 128 valence electrons. The highest BCUT2D eigenvalue weighted by molar-refractivity contribution is 5.94. The number of amides is 1. The summed E-state index contributed by atoms with van der Waals surface area (Å²) in [6, 6.07) is 17.9. The largest absolute Gasteiger partial charge is 0.339 e. The van der Waals surface area contributed by atoms with E-state index in [-0.39, 0.29) is 5.91 Å². The number of piperidine rings is 1. The Morgan fingerprint density at radius 3 is 2.56 bits per heavy atom. The monoisotopic (exact) mass is 332 g/mol. The van der Waals surface area contributed by atoms with Crippen LogP contribution in [0.25, 0.3) is 0 Å². The van der Waals surface area contributed by atoms with Gasteiger partial charge in [-0.25, -0.2) is 0 Å². The van der Waals surface area contributed by atoms with E-state index in [4.69, 9.17) is 5.26 Å². The van der Waals surface area contributed by atoms with Crippen LogP contribution in [0.3, 0.4) is 0 Å². The number of nitriles is 1. The van der Waals surface area contributed by atoms with Crippen molar-refractivity contribution in [2.24, 2.45) is 5.92 Å². The molecule has 0 N–H and O–H groups in total. The number of carbonyl (C=O) groups is 1. The lowest BCUT2D eigenvalue weighted by atomic mass is 9.90. The molecule has 1 heterocycles. The second-order valence-electron chi connectivity index (χ2n) is 6.95. The van der Waals surface area contributed by atoms with Gasteiger partial charge in [0.2, 0.25) is 0 Å². The average molecular weight is 332 g/mol. The normalized spacial score (nSPS) is 15.0. The summed E-state index contributed by atoms with van der Waals surface area (Å²) in [6.07, 6.45) is 4.43. The smallest absolute Gasteiger partial charge is 0.253 e. The van der Waals surface area contributed by atoms with Crippen molar-refractivity contribution in [1.82, 2.24) is 4.90 Å². The van der Waals surface area contributed by atoms with Gasteiger partial charge < -0.3 is 4.90 Å². The molecule has 1 amide bonds. The van der Waals surface area contributed by atoms with Crippen molar-refractivity contribution < 1.29 is 4.79 Å². The lowest BCUT2D eigenvalue weighted by molar-refractivity contribution is 0.0687. The molecule has 2 aromatic rings. The van der Waals surface area contributed by atoms with Gasteiger partial charge in [-0.05, 0) is 62.3 Å². The fourth-order valence-corrected chi connectivity index (χ4v) is 3.45. The zero-order valence-electron chi connectivity index (χ0n) is 14.7. The zero-order valence-corrected chi connectivity index (χ0v) is 14.7. The lowest BCUT2D eigenvalue weighted by Gasteiger charge is -2.32. The van der Waals surface area contributed by atoms with Crippen molar-refractivity contribution in [3.63, 3.8) is 0 Å². The zero-order chi connectivity index (χ0) is 17.6. The minimum atomic E-state index is 0.0501. The summed E-state index contributed by atoms with van der Waals surface area (Å²) in [5.41, 5.74) is 3.87. The van der Waals surface area contributed by atoms with E-state index in [0.29, 0.717) is 17.0 Å². The first-order valence-electron chi connectivity index (χ1n) is 9.00. The Bertz CT molecular complexity index is 765. The van der Waals surface area contributed by atoms with Crippen LogP contribution in [0.15, 0.2) is 48.5 Å². The van der Waals surface area contributed by atoms with Gasteiger partial charge in [-0.3, -0.25) is 4.79 Å². The van der Waals surface area contributed by atoms with E-state index >= 15 is 0 Å². The number of rotatable bonds is 4. The van der Waals surface area contributed by atoms with Gasteiger partial charge >= 0.3 is 0 Å². The number of aryl methyl sites for hydroxylation is 2. The number of benzene rings is 2. The average Bonchev–Trinajstić information content (AvgIpc) is 2.67. The third kappa shape index (κ3) is 4.48. The van der Waals surface area contributed by atoms with Crippen LogP contribution < -0.4 is 0 Å². The van der Waals surface area contributed by atoms with Gasteiger partial charge in [0, 0.05) is 18.7 Å². The molecular weight excluding hydrogens is 308 g/mol. The van der Waals surface area contributed by atoms with Gasteiger partial charge in [-0.2, -0.15) is 5.26 Å². The summed E-state index contributed by atoms with van der Waals surface area (Å²) in [7, 11) is 0. The van der Waals surface area contributed by atoms with Crippen LogP contribution >= 0.6 is 0 Å². The Hall–Kier alpha value is -2.60. The number of hydrogen-bond acceptors (Lipinski definition) is 2. The molecule has 2 aromatic carbocycles. The molecule has 0 aliphatic carbocycles. The predicted molar refractivity (Wildman–Crippen MR) is 99.3 cm³/mol. The minimum Gasteiger partial charge on any atom is -0.339 e. The number of likely N-dealkylation sites (tertiary alicyclic amines) is 1. The SMILES string of the molecule is Cc1ccc(CCC2CCN(C(=O)c3cccc(C#N)c3)CC2)cc1. The molecule has 0 saturated carbocycles. The van der Waals surface area contributed by atoms with Crippen molar-refractivity contribution in [2.45, 2.75) is 32.6 Å². The van der Waals surface area contributed by atoms with E-state index in [1.807, 2.05) is 4.90 Å². The molecule has 1 aliphatic heterocycles. The highest BCUT2D eigenvalue weighted by Crippen LogP contribution is 2.24. The molecule has 3 rings (SSSR count). The highest BCUT2D eigenvalue weighted by atomic mass is 16.2. The molecule has 3 heteroatoms. The Labute approximate surface area is 149 Å². The summed E-state index contributed by atoms with van der Waals surface area (Å²) < 4.78 is 0. The van der Waals surface area contributed by atoms with Gasteiger partial charge in [0.05, 0.1) is 11.6 Å². The molecule has 0 aromatic heterocycles. The molecule has 1 saturated heterocycles. The Morgan fingerprint density at radius 2 is 1.88 bits per heavy atom. The number of hydrogen-bond donors (Lipinski definition) is 0. The van der Waals surface area contributed by atoms with Crippen LogP contribution in [0.4, 0.5) is 0 Å². The fourth-order valence-electron chi connectivity index (χ4n) is 3.45. The molecular formula is C22H24N2O. The summed E-state index contributed by atoms with van der Waals surface area (Å²) in [6.45, 7) is 3.74. The summed E-state index contributed by atoms with van der Waals surface area (Å²) in [5.74, 6) is 0.741. The molecule has 1 fully saturated rings. The summed E-state index contributed by atoms with van der Waals surface area (Å²) in [5, 5.41) is 8.98. The first-order chi connectivity index (χ1) is 12.2. The van der Waals surface area contributed by atoms with E-state index in [9.17, 15) is 4.79 Å². The van der Waals surface area contributed by atoms with Crippen molar-refractivity contribution >= 4 is 5.91 Å². The topological polar surface area (TPSA) is 44.1 Å². The Kier molecular flexibility index (Phi) is 5.50. The van der Waals surface area contributed by atoms with Crippen LogP contribution in [0.1, 0.15) is 46.3 Å². The highest BCUT2D eigenvalue weighted by Gasteiger charge is 2.23. The van der Waals surface area contributed by atoms with Gasteiger partial charge in [0.25, 0.3) is 5.91 Å². The van der Waals surface area contributed by atoms with Crippen molar-refractivity contribution in [1.29, 1.82) is 5.26 Å². The Balaban J connectivity index is 1.50. The van der Waals surface area contributed by atoms with E-state index in [0.717, 1.165) is 32.4 Å². The van der Waals surface area contributed by atoms with Gasteiger partial charge in [-0.15, -0.1) is 0 Å². The van der Waals surface area contributed by atoms with Crippen LogP contribution in [-0.2, 0) is 6.42 Å². The first kappa shape index (κ1) is 17.2. The van der Waals surface area contributed by atoms with Crippen LogP contribution in [0.5, 0.6) is 0 Å². The Morgan fingerprint density at radius 1 is 1.16 bits per heavy atom.